The van der Waals surface area contributed by atoms with Gasteiger partial charge in [-0.2, -0.15) is 18.3 Å². The molecule has 2 fully saturated rings. The monoisotopic (exact) mass is 573 g/mol. The molecule has 1 unspecified atom stereocenters. The molecule has 0 bridgehead atoms. The summed E-state index contributed by atoms with van der Waals surface area (Å²) in [5.74, 6) is 2.20. The Morgan fingerprint density at radius 1 is 1.39 bits per heavy atom. The molecule has 1 N–H and O–H groups in total. The van der Waals surface area contributed by atoms with Crippen molar-refractivity contribution in [1.29, 1.82) is 0 Å². The summed E-state index contributed by atoms with van der Waals surface area (Å²) in [6, 6.07) is 0. The van der Waals surface area contributed by atoms with Gasteiger partial charge in [-0.25, -0.2) is 4.79 Å². The van der Waals surface area contributed by atoms with Gasteiger partial charge in [-0.15, -0.1) is 0 Å². The van der Waals surface area contributed by atoms with Crippen LogP contribution in [-0.4, -0.2) is 45.8 Å². The van der Waals surface area contributed by atoms with Crippen LogP contribution in [-0.2, 0) is 14.3 Å². The van der Waals surface area contributed by atoms with E-state index >= 15 is 0 Å². The highest BCUT2D eigenvalue weighted by Gasteiger charge is 2.60. The number of likely N-dealkylation sites (tertiary alicyclic amines) is 1. The number of alkyl halides is 3. The largest absolute Gasteiger partial charge is 0.491 e. The van der Waals surface area contributed by atoms with Gasteiger partial charge in [0.15, 0.2) is 0 Å². The predicted molar refractivity (Wildman–Crippen MR) is 156 cm³/mol. The Hall–Kier alpha value is -3.58. The van der Waals surface area contributed by atoms with Crippen molar-refractivity contribution in [3.63, 3.8) is 0 Å². The van der Waals surface area contributed by atoms with E-state index in [1.54, 1.807) is 37.1 Å². The number of H-pyrrole nitrogens is 1. The number of aromatic nitrogens is 2. The van der Waals surface area contributed by atoms with E-state index in [9.17, 15) is 22.8 Å². The molecule has 1 saturated carbocycles. The molecule has 1 aromatic rings. The summed E-state index contributed by atoms with van der Waals surface area (Å²) in [7, 11) is 0. The van der Waals surface area contributed by atoms with Gasteiger partial charge in [0, 0.05) is 30.5 Å². The molecular formula is C32H42F3N3O3. The Morgan fingerprint density at radius 3 is 2.59 bits per heavy atom. The highest BCUT2D eigenvalue weighted by Crippen LogP contribution is 2.57. The van der Waals surface area contributed by atoms with Crippen molar-refractivity contribution in [2.45, 2.75) is 85.4 Å². The summed E-state index contributed by atoms with van der Waals surface area (Å²) in [6.45, 7) is 17.2. The van der Waals surface area contributed by atoms with E-state index in [0.29, 0.717) is 30.6 Å². The number of carbonyl (C=O) groups excluding carboxylic acids is 2. The fraction of sp³-hybridized carbons (Fsp3) is 0.500. The maximum Gasteiger partial charge on any atom is 0.389 e. The number of aromatic amines is 1. The standard InChI is InChI=1S/C24H27N3O3.C8H15F3/c1-6-8-22-20(7-2)24(23(29)27(22)14-16(3)15-28)11-19(12-24)30-18(5)9-10-21-17(4)13-25-26-21;1-3-4-5-7(2)6-8(9,10)11/h6-10,13,19H,1,5,11-12,14H2,2-4H3,(H,25,26);7H,3-6H2,1-2H3/b10-9-,20-7+,22-8+;. The number of rotatable bonds is 11. The molecule has 1 spiro atoms. The Morgan fingerprint density at radius 2 is 2.07 bits per heavy atom. The van der Waals surface area contributed by atoms with Crippen LogP contribution in [0.25, 0.3) is 6.08 Å². The number of nitrogens with zero attached hydrogens (tertiary/aromatic N) is 2. The minimum atomic E-state index is -3.98. The van der Waals surface area contributed by atoms with Crippen LogP contribution in [0.3, 0.4) is 0 Å². The molecule has 1 aliphatic carbocycles. The van der Waals surface area contributed by atoms with E-state index in [1.807, 2.05) is 44.9 Å². The molecule has 1 saturated heterocycles. The van der Waals surface area contributed by atoms with Crippen molar-refractivity contribution in [3.8, 4) is 0 Å². The van der Waals surface area contributed by atoms with E-state index in [4.69, 9.17) is 4.74 Å². The molecule has 3 rings (SSSR count). The van der Waals surface area contributed by atoms with Gasteiger partial charge in [0.1, 0.15) is 17.8 Å². The lowest BCUT2D eigenvalue weighted by Gasteiger charge is -2.43. The minimum Gasteiger partial charge on any atom is -0.491 e. The summed E-state index contributed by atoms with van der Waals surface area (Å²) in [4.78, 5) is 26.0. The number of unbranched alkanes of at least 4 members (excludes halogenated alkanes) is 1. The summed E-state index contributed by atoms with van der Waals surface area (Å²) >= 11 is 0. The number of ether oxygens (including phenoxy) is 1. The fourth-order valence-corrected chi connectivity index (χ4v) is 5.22. The predicted octanol–water partition coefficient (Wildman–Crippen LogP) is 7.81. The van der Waals surface area contributed by atoms with Crippen LogP contribution >= 0.6 is 0 Å². The quantitative estimate of drug-likeness (QED) is 0.166. The fourth-order valence-electron chi connectivity index (χ4n) is 5.22. The molecule has 1 amide bonds. The van der Waals surface area contributed by atoms with Crippen LogP contribution in [0.1, 0.15) is 77.5 Å². The first-order valence-electron chi connectivity index (χ1n) is 13.9. The van der Waals surface area contributed by atoms with Gasteiger partial charge in [0.2, 0.25) is 5.91 Å². The Bertz CT molecular complexity index is 1230. The molecule has 0 aromatic carbocycles. The molecule has 2 heterocycles. The summed E-state index contributed by atoms with van der Waals surface area (Å²) in [5.41, 5.74) is 3.55. The Kier molecular flexibility index (Phi) is 12.2. The third-order valence-corrected chi connectivity index (χ3v) is 7.28. The third-order valence-electron chi connectivity index (χ3n) is 7.28. The summed E-state index contributed by atoms with van der Waals surface area (Å²) < 4.78 is 41.2. The first kappa shape index (κ1) is 33.6. The zero-order chi connectivity index (χ0) is 30.8. The van der Waals surface area contributed by atoms with Crippen molar-refractivity contribution < 1.29 is 27.5 Å². The average Bonchev–Trinajstić information content (AvgIpc) is 3.39. The molecule has 2 aliphatic rings. The number of hydrogen-bond acceptors (Lipinski definition) is 4. The smallest absolute Gasteiger partial charge is 0.389 e. The maximum absolute atomic E-state index is 13.3. The number of nitrogens with one attached hydrogen (secondary N) is 1. The number of amides is 1. The molecule has 1 aromatic heterocycles. The van der Waals surface area contributed by atoms with Crippen molar-refractivity contribution in [3.05, 3.63) is 77.5 Å². The Balaban J connectivity index is 0.000000454. The van der Waals surface area contributed by atoms with Gasteiger partial charge in [0.05, 0.1) is 23.9 Å². The molecule has 1 aliphatic heterocycles. The molecule has 41 heavy (non-hydrogen) atoms. The van der Waals surface area contributed by atoms with E-state index in [-0.39, 0.29) is 24.5 Å². The number of allylic oxidation sites excluding steroid dienone is 5. The third kappa shape index (κ3) is 8.95. The summed E-state index contributed by atoms with van der Waals surface area (Å²) in [5, 5.41) is 6.89. The first-order valence-corrected chi connectivity index (χ1v) is 13.9. The van der Waals surface area contributed by atoms with Gasteiger partial charge >= 0.3 is 6.18 Å². The zero-order valence-electron chi connectivity index (χ0n) is 24.7. The summed E-state index contributed by atoms with van der Waals surface area (Å²) in [6.07, 6.45) is 9.87. The lowest BCUT2D eigenvalue weighted by atomic mass is 9.62. The molecule has 0 radical (unpaired) electrons. The van der Waals surface area contributed by atoms with Gasteiger partial charge in [-0.05, 0) is 56.1 Å². The van der Waals surface area contributed by atoms with Crippen molar-refractivity contribution in [2.75, 3.05) is 6.54 Å². The number of carbonyl (C=O) groups is 1. The van der Waals surface area contributed by atoms with E-state index in [2.05, 4.69) is 23.4 Å². The molecule has 224 valence electrons. The second kappa shape index (κ2) is 14.9. The van der Waals surface area contributed by atoms with Crippen LogP contribution in [0.2, 0.25) is 0 Å². The first-order chi connectivity index (χ1) is 19.3. The average molecular weight is 574 g/mol. The van der Waals surface area contributed by atoms with Gasteiger partial charge < -0.3 is 9.64 Å². The van der Waals surface area contributed by atoms with Gasteiger partial charge in [0.25, 0.3) is 0 Å². The molecule has 9 heteroatoms. The molecule has 1 atom stereocenters. The minimum absolute atomic E-state index is 0.00705. The van der Waals surface area contributed by atoms with Gasteiger partial charge in [-0.1, -0.05) is 58.4 Å². The van der Waals surface area contributed by atoms with Crippen LogP contribution in [0, 0.1) is 18.3 Å². The van der Waals surface area contributed by atoms with E-state index < -0.39 is 18.0 Å². The normalized spacial score (nSPS) is 22.9. The van der Waals surface area contributed by atoms with E-state index in [0.717, 1.165) is 35.4 Å². The lowest BCUT2D eigenvalue weighted by molar-refractivity contribution is -0.145. The Labute approximate surface area is 241 Å². The second-order valence-electron chi connectivity index (χ2n) is 10.8. The van der Waals surface area contributed by atoms with Crippen molar-refractivity contribution in [1.82, 2.24) is 15.1 Å². The van der Waals surface area contributed by atoms with E-state index in [1.165, 1.54) is 0 Å². The number of hydrogen-bond donors (Lipinski definition) is 1. The zero-order valence-corrected chi connectivity index (χ0v) is 24.7. The number of aryl methyl sites for hydroxylation is 1. The van der Waals surface area contributed by atoms with Crippen LogP contribution < -0.4 is 0 Å². The highest BCUT2D eigenvalue weighted by atomic mass is 19.4. The van der Waals surface area contributed by atoms with Crippen molar-refractivity contribution in [2.24, 2.45) is 11.3 Å². The van der Waals surface area contributed by atoms with Crippen LogP contribution in [0.5, 0.6) is 0 Å². The SMILES string of the molecule is C=C/C=C1\C(=C/C)C2(CC(OC(=C)/C=C\c3[nH]ncc3C)C2)C(=O)N1CC(C)=C=O.CCCCC(C)CC(F)(F)F. The second-order valence-corrected chi connectivity index (χ2v) is 10.8. The topological polar surface area (TPSA) is 75.3 Å². The highest BCUT2D eigenvalue weighted by molar-refractivity contribution is 5.95. The van der Waals surface area contributed by atoms with Crippen molar-refractivity contribution >= 4 is 17.9 Å². The molecular weight excluding hydrogens is 531 g/mol. The molecule has 6 nitrogen and oxygen atoms in total. The maximum atomic E-state index is 13.3. The lowest BCUT2D eigenvalue weighted by Crippen LogP contribution is -2.48. The number of halogens is 3. The van der Waals surface area contributed by atoms with Crippen LogP contribution in [0.4, 0.5) is 13.2 Å². The van der Waals surface area contributed by atoms with Crippen LogP contribution in [0.15, 0.2) is 66.3 Å². The van der Waals surface area contributed by atoms with Gasteiger partial charge in [-0.3, -0.25) is 9.89 Å².